The van der Waals surface area contributed by atoms with Crippen molar-refractivity contribution < 1.29 is 13.2 Å². The minimum absolute atomic E-state index is 0.00609. The first-order chi connectivity index (χ1) is 8.88. The summed E-state index contributed by atoms with van der Waals surface area (Å²) >= 11 is 0. The monoisotopic (exact) mass is 282 g/mol. The fraction of sp³-hybridized carbons (Fsp3) is 0.462. The van der Waals surface area contributed by atoms with Gasteiger partial charge in [-0.05, 0) is 37.5 Å². The summed E-state index contributed by atoms with van der Waals surface area (Å²) in [7, 11) is -3.80. The number of rotatable bonds is 3. The Morgan fingerprint density at radius 1 is 1.32 bits per heavy atom. The second kappa shape index (κ2) is 5.30. The largest absolute Gasteiger partial charge is 0.349 e. The molecule has 0 spiro atoms. The van der Waals surface area contributed by atoms with Crippen molar-refractivity contribution in [2.45, 2.75) is 43.5 Å². The second-order valence-corrected chi connectivity index (χ2v) is 6.51. The van der Waals surface area contributed by atoms with E-state index in [1.54, 1.807) is 19.1 Å². The molecule has 1 aliphatic rings. The molecule has 0 aromatic heterocycles. The number of aryl methyl sites for hydroxylation is 1. The van der Waals surface area contributed by atoms with Gasteiger partial charge in [-0.3, -0.25) is 4.79 Å². The molecule has 2 rings (SSSR count). The molecule has 5 nitrogen and oxygen atoms in total. The van der Waals surface area contributed by atoms with E-state index in [1.165, 1.54) is 6.07 Å². The van der Waals surface area contributed by atoms with Crippen LogP contribution in [0.2, 0.25) is 0 Å². The summed E-state index contributed by atoms with van der Waals surface area (Å²) in [6.07, 6.45) is 4.22. The lowest BCUT2D eigenvalue weighted by Gasteiger charge is -2.13. The predicted molar refractivity (Wildman–Crippen MR) is 72.3 cm³/mol. The zero-order valence-corrected chi connectivity index (χ0v) is 11.7. The molecule has 1 aromatic carbocycles. The number of benzene rings is 1. The molecule has 1 fully saturated rings. The molecule has 1 amide bonds. The Morgan fingerprint density at radius 2 is 1.95 bits per heavy atom. The highest BCUT2D eigenvalue weighted by molar-refractivity contribution is 7.89. The average molecular weight is 282 g/mol. The van der Waals surface area contributed by atoms with Crippen molar-refractivity contribution in [3.05, 3.63) is 29.3 Å². The maximum absolute atomic E-state index is 12.0. The number of primary sulfonamides is 1. The lowest BCUT2D eigenvalue weighted by Crippen LogP contribution is -2.32. The number of amides is 1. The van der Waals surface area contributed by atoms with E-state index in [9.17, 15) is 13.2 Å². The summed E-state index contributed by atoms with van der Waals surface area (Å²) in [6, 6.07) is 4.76. The van der Waals surface area contributed by atoms with Crippen LogP contribution in [0.4, 0.5) is 0 Å². The van der Waals surface area contributed by atoms with Crippen LogP contribution in [0.5, 0.6) is 0 Å². The zero-order valence-electron chi connectivity index (χ0n) is 10.8. The summed E-state index contributed by atoms with van der Waals surface area (Å²) in [6.45, 7) is 1.65. The highest BCUT2D eigenvalue weighted by Gasteiger charge is 2.19. The quantitative estimate of drug-likeness (QED) is 0.876. The van der Waals surface area contributed by atoms with Gasteiger partial charge in [0.1, 0.15) is 0 Å². The van der Waals surface area contributed by atoms with Crippen LogP contribution in [-0.4, -0.2) is 20.4 Å². The molecular weight excluding hydrogens is 264 g/mol. The van der Waals surface area contributed by atoms with Gasteiger partial charge in [-0.15, -0.1) is 0 Å². The van der Waals surface area contributed by atoms with Gasteiger partial charge in [0.25, 0.3) is 5.91 Å². The van der Waals surface area contributed by atoms with Crippen LogP contribution in [0.15, 0.2) is 23.1 Å². The van der Waals surface area contributed by atoms with Crippen molar-refractivity contribution in [1.82, 2.24) is 5.32 Å². The molecule has 104 valence electrons. The summed E-state index contributed by atoms with van der Waals surface area (Å²) in [5.74, 6) is -0.239. The number of nitrogens with two attached hydrogens (primary N) is 1. The smallest absolute Gasteiger partial charge is 0.251 e. The van der Waals surface area contributed by atoms with Gasteiger partial charge in [0, 0.05) is 11.6 Å². The van der Waals surface area contributed by atoms with Crippen LogP contribution in [0.3, 0.4) is 0 Å². The van der Waals surface area contributed by atoms with Gasteiger partial charge in [0.2, 0.25) is 10.0 Å². The maximum atomic E-state index is 12.0. The molecule has 6 heteroatoms. The Balaban J connectivity index is 2.23. The molecular formula is C13H18N2O3S. The Kier molecular flexibility index (Phi) is 3.91. The first-order valence-corrected chi connectivity index (χ1v) is 7.87. The Labute approximate surface area is 113 Å². The second-order valence-electron chi connectivity index (χ2n) is 4.98. The molecule has 3 N–H and O–H groups in total. The molecule has 0 saturated heterocycles. The highest BCUT2D eigenvalue weighted by Crippen LogP contribution is 2.19. The standard InChI is InChI=1S/C13H18N2O3S/c1-9-6-7-10(8-12(9)19(14,17)18)13(16)15-11-4-2-3-5-11/h6-8,11H,2-5H2,1H3,(H,15,16)(H2,14,17,18). The normalized spacial score (nSPS) is 16.5. The molecule has 0 unspecified atom stereocenters. The molecule has 0 heterocycles. The number of nitrogens with one attached hydrogen (secondary N) is 1. The molecule has 0 aliphatic heterocycles. The third-order valence-corrected chi connectivity index (χ3v) is 4.50. The van der Waals surface area contributed by atoms with Gasteiger partial charge in [-0.1, -0.05) is 18.9 Å². The van der Waals surface area contributed by atoms with Crippen molar-refractivity contribution in [2.75, 3.05) is 0 Å². The van der Waals surface area contributed by atoms with Gasteiger partial charge in [0.05, 0.1) is 4.90 Å². The van der Waals surface area contributed by atoms with Crippen molar-refractivity contribution in [3.63, 3.8) is 0 Å². The number of carbonyl (C=O) groups is 1. The Bertz CT molecular complexity index is 590. The summed E-state index contributed by atoms with van der Waals surface area (Å²) in [5, 5.41) is 8.05. The lowest BCUT2D eigenvalue weighted by molar-refractivity contribution is 0.0937. The van der Waals surface area contributed by atoms with Gasteiger partial charge < -0.3 is 5.32 Å². The van der Waals surface area contributed by atoms with E-state index in [1.807, 2.05) is 0 Å². The number of hydrogen-bond acceptors (Lipinski definition) is 3. The van der Waals surface area contributed by atoms with E-state index in [0.717, 1.165) is 25.7 Å². The fourth-order valence-electron chi connectivity index (χ4n) is 2.39. The Morgan fingerprint density at radius 3 is 2.53 bits per heavy atom. The molecule has 1 aromatic rings. The lowest BCUT2D eigenvalue weighted by atomic mass is 10.1. The van der Waals surface area contributed by atoms with Gasteiger partial charge >= 0.3 is 0 Å². The minimum atomic E-state index is -3.80. The summed E-state index contributed by atoms with van der Waals surface area (Å²) in [4.78, 5) is 12.1. The van der Waals surface area contributed by atoms with Crippen molar-refractivity contribution >= 4 is 15.9 Å². The van der Waals surface area contributed by atoms with E-state index in [2.05, 4.69) is 5.32 Å². The molecule has 0 radical (unpaired) electrons. The topological polar surface area (TPSA) is 89.3 Å². The van der Waals surface area contributed by atoms with E-state index >= 15 is 0 Å². The molecule has 1 aliphatic carbocycles. The predicted octanol–water partition coefficient (Wildman–Crippen LogP) is 1.31. The average Bonchev–Trinajstić information content (AvgIpc) is 2.80. The van der Waals surface area contributed by atoms with Crippen LogP contribution in [0.1, 0.15) is 41.6 Å². The third kappa shape index (κ3) is 3.33. The molecule has 0 atom stereocenters. The molecule has 1 saturated carbocycles. The van der Waals surface area contributed by atoms with Crippen molar-refractivity contribution in [1.29, 1.82) is 0 Å². The summed E-state index contributed by atoms with van der Waals surface area (Å²) < 4.78 is 22.8. The number of sulfonamides is 1. The summed E-state index contributed by atoms with van der Waals surface area (Å²) in [5.41, 5.74) is 0.876. The number of carbonyl (C=O) groups excluding carboxylic acids is 1. The van der Waals surface area contributed by atoms with Crippen LogP contribution >= 0.6 is 0 Å². The minimum Gasteiger partial charge on any atom is -0.349 e. The first kappa shape index (κ1) is 14.0. The van der Waals surface area contributed by atoms with Crippen LogP contribution in [0, 0.1) is 6.92 Å². The van der Waals surface area contributed by atoms with Crippen molar-refractivity contribution in [2.24, 2.45) is 5.14 Å². The first-order valence-electron chi connectivity index (χ1n) is 6.32. The van der Waals surface area contributed by atoms with Gasteiger partial charge in [-0.25, -0.2) is 13.6 Å². The van der Waals surface area contributed by atoms with E-state index in [-0.39, 0.29) is 16.8 Å². The highest BCUT2D eigenvalue weighted by atomic mass is 32.2. The third-order valence-electron chi connectivity index (χ3n) is 3.45. The zero-order chi connectivity index (χ0) is 14.0. The fourth-order valence-corrected chi connectivity index (χ4v) is 3.19. The molecule has 0 bridgehead atoms. The van der Waals surface area contributed by atoms with Crippen molar-refractivity contribution in [3.8, 4) is 0 Å². The van der Waals surface area contributed by atoms with Crippen LogP contribution < -0.4 is 10.5 Å². The van der Waals surface area contributed by atoms with Crippen LogP contribution in [-0.2, 0) is 10.0 Å². The SMILES string of the molecule is Cc1ccc(C(=O)NC2CCCC2)cc1S(N)(=O)=O. The molecule has 19 heavy (non-hydrogen) atoms. The number of hydrogen-bond donors (Lipinski definition) is 2. The van der Waals surface area contributed by atoms with E-state index < -0.39 is 10.0 Å². The Hall–Kier alpha value is -1.40. The van der Waals surface area contributed by atoms with Gasteiger partial charge in [-0.2, -0.15) is 0 Å². The maximum Gasteiger partial charge on any atom is 0.251 e. The van der Waals surface area contributed by atoms with E-state index in [0.29, 0.717) is 11.1 Å². The van der Waals surface area contributed by atoms with E-state index in [4.69, 9.17) is 5.14 Å². The van der Waals surface area contributed by atoms with Gasteiger partial charge in [0.15, 0.2) is 0 Å². The van der Waals surface area contributed by atoms with Crippen LogP contribution in [0.25, 0.3) is 0 Å².